The van der Waals surface area contributed by atoms with E-state index in [9.17, 15) is 4.79 Å². The second-order valence-corrected chi connectivity index (χ2v) is 3.60. The Morgan fingerprint density at radius 1 is 1.64 bits per heavy atom. The predicted octanol–water partition coefficient (Wildman–Crippen LogP) is 1.62. The van der Waals surface area contributed by atoms with E-state index in [4.69, 9.17) is 0 Å². The Morgan fingerprint density at radius 2 is 2.36 bits per heavy atom. The maximum Gasteiger partial charge on any atom is 0.188 e. The molecule has 0 saturated heterocycles. The van der Waals surface area contributed by atoms with Gasteiger partial charge in [0.05, 0.1) is 0 Å². The Kier molecular flexibility index (Phi) is 3.25. The van der Waals surface area contributed by atoms with Gasteiger partial charge in [-0.25, -0.2) is 9.97 Å². The van der Waals surface area contributed by atoms with E-state index in [-0.39, 0.29) is 0 Å². The van der Waals surface area contributed by atoms with Crippen LogP contribution in [0.5, 0.6) is 0 Å². The number of carbonyl (C=O) groups is 1. The molecule has 1 rings (SSSR count). The first-order valence-corrected chi connectivity index (χ1v) is 5.10. The molecule has 11 heavy (non-hydrogen) atoms. The van der Waals surface area contributed by atoms with Gasteiger partial charge in [0.25, 0.3) is 0 Å². The number of nitrogens with zero attached hydrogens (tertiary/aromatic N) is 2. The van der Waals surface area contributed by atoms with Crippen molar-refractivity contribution in [3.63, 3.8) is 0 Å². The molecule has 0 aliphatic rings. The lowest BCUT2D eigenvalue weighted by Crippen LogP contribution is -1.94. The van der Waals surface area contributed by atoms with Crippen molar-refractivity contribution in [3.8, 4) is 0 Å². The van der Waals surface area contributed by atoms with Crippen molar-refractivity contribution in [2.75, 3.05) is 6.26 Å². The SMILES string of the molecule is CSc1nc(I)cc(C=O)n1. The van der Waals surface area contributed by atoms with Gasteiger partial charge in [-0.15, -0.1) is 0 Å². The van der Waals surface area contributed by atoms with Crippen molar-refractivity contribution >= 4 is 40.6 Å². The van der Waals surface area contributed by atoms with Crippen LogP contribution in [-0.2, 0) is 0 Å². The molecule has 3 nitrogen and oxygen atoms in total. The van der Waals surface area contributed by atoms with E-state index in [2.05, 4.69) is 32.6 Å². The Labute approximate surface area is 82.1 Å². The lowest BCUT2D eigenvalue weighted by molar-refractivity contribution is 0.111. The van der Waals surface area contributed by atoms with Crippen LogP contribution in [0.4, 0.5) is 0 Å². The van der Waals surface area contributed by atoms with Crippen LogP contribution in [-0.4, -0.2) is 22.5 Å². The molecule has 0 bridgehead atoms. The van der Waals surface area contributed by atoms with Gasteiger partial charge < -0.3 is 0 Å². The topological polar surface area (TPSA) is 42.9 Å². The lowest BCUT2D eigenvalue weighted by atomic mass is 10.5. The molecule has 0 atom stereocenters. The van der Waals surface area contributed by atoms with Crippen LogP contribution in [0.25, 0.3) is 0 Å². The highest BCUT2D eigenvalue weighted by molar-refractivity contribution is 14.1. The summed E-state index contributed by atoms with van der Waals surface area (Å²) >= 11 is 3.48. The number of carbonyl (C=O) groups excluding carboxylic acids is 1. The van der Waals surface area contributed by atoms with E-state index < -0.39 is 0 Å². The zero-order chi connectivity index (χ0) is 8.27. The number of halogens is 1. The molecule has 58 valence electrons. The number of aldehydes is 1. The molecular weight excluding hydrogens is 275 g/mol. The number of aromatic nitrogens is 2. The van der Waals surface area contributed by atoms with Gasteiger partial charge in [0.1, 0.15) is 9.39 Å². The molecule has 0 aliphatic heterocycles. The molecule has 0 amide bonds. The third kappa shape index (κ3) is 2.41. The van der Waals surface area contributed by atoms with E-state index in [0.29, 0.717) is 10.9 Å². The van der Waals surface area contributed by atoms with E-state index >= 15 is 0 Å². The highest BCUT2D eigenvalue weighted by Crippen LogP contribution is 2.10. The smallest absolute Gasteiger partial charge is 0.188 e. The highest BCUT2D eigenvalue weighted by Gasteiger charge is 1.99. The van der Waals surface area contributed by atoms with Crippen molar-refractivity contribution in [1.29, 1.82) is 0 Å². The van der Waals surface area contributed by atoms with Crippen molar-refractivity contribution in [2.24, 2.45) is 0 Å². The summed E-state index contributed by atoms with van der Waals surface area (Å²) in [5, 5.41) is 0.638. The molecule has 1 aromatic rings. The van der Waals surface area contributed by atoms with Crippen LogP contribution in [0.3, 0.4) is 0 Å². The zero-order valence-electron chi connectivity index (χ0n) is 5.74. The van der Waals surface area contributed by atoms with Crippen LogP contribution in [0.15, 0.2) is 11.2 Å². The second-order valence-electron chi connectivity index (χ2n) is 1.72. The Hall–Kier alpha value is -0.170. The number of rotatable bonds is 2. The van der Waals surface area contributed by atoms with E-state index in [1.165, 1.54) is 11.8 Å². The summed E-state index contributed by atoms with van der Waals surface area (Å²) in [6.45, 7) is 0. The molecule has 0 unspecified atom stereocenters. The molecule has 5 heteroatoms. The van der Waals surface area contributed by atoms with Gasteiger partial charge in [0, 0.05) is 0 Å². The van der Waals surface area contributed by atoms with Crippen molar-refractivity contribution < 1.29 is 4.79 Å². The molecule has 1 aromatic heterocycles. The molecule has 1 heterocycles. The summed E-state index contributed by atoms with van der Waals surface area (Å²) in [4.78, 5) is 18.4. The van der Waals surface area contributed by atoms with E-state index in [0.717, 1.165) is 9.99 Å². The van der Waals surface area contributed by atoms with Crippen LogP contribution < -0.4 is 0 Å². The van der Waals surface area contributed by atoms with Gasteiger partial charge in [0.15, 0.2) is 11.4 Å². The molecule has 0 saturated carbocycles. The summed E-state index contributed by atoms with van der Waals surface area (Å²) in [5.74, 6) is 0. The van der Waals surface area contributed by atoms with Crippen molar-refractivity contribution in [2.45, 2.75) is 5.16 Å². The molecule has 0 aliphatic carbocycles. The zero-order valence-corrected chi connectivity index (χ0v) is 8.72. The molecule has 0 N–H and O–H groups in total. The quantitative estimate of drug-likeness (QED) is 0.271. The fourth-order valence-electron chi connectivity index (χ4n) is 0.565. The first-order valence-electron chi connectivity index (χ1n) is 2.80. The summed E-state index contributed by atoms with van der Waals surface area (Å²) < 4.78 is 0.795. The summed E-state index contributed by atoms with van der Waals surface area (Å²) in [6.07, 6.45) is 2.60. The van der Waals surface area contributed by atoms with Crippen LogP contribution in [0.1, 0.15) is 10.5 Å². The Balaban J connectivity index is 3.11. The second kappa shape index (κ2) is 4.01. The summed E-state index contributed by atoms with van der Waals surface area (Å²) in [6, 6.07) is 1.65. The van der Waals surface area contributed by atoms with Crippen LogP contribution in [0.2, 0.25) is 0 Å². The molecule has 0 fully saturated rings. The fourth-order valence-corrected chi connectivity index (χ4v) is 1.66. The molecule has 0 aromatic carbocycles. The van der Waals surface area contributed by atoms with E-state index in [1.807, 2.05) is 6.26 Å². The summed E-state index contributed by atoms with van der Waals surface area (Å²) in [7, 11) is 0. The number of thioether (sulfide) groups is 1. The monoisotopic (exact) mass is 280 g/mol. The molecule has 0 spiro atoms. The third-order valence-electron chi connectivity index (χ3n) is 0.998. The van der Waals surface area contributed by atoms with Gasteiger partial charge in [-0.3, -0.25) is 4.79 Å². The minimum absolute atomic E-state index is 0.439. The maximum absolute atomic E-state index is 10.3. The van der Waals surface area contributed by atoms with Gasteiger partial charge in [-0.1, -0.05) is 11.8 Å². The van der Waals surface area contributed by atoms with E-state index in [1.54, 1.807) is 6.07 Å². The fraction of sp³-hybridized carbons (Fsp3) is 0.167. The minimum atomic E-state index is 0.439. The lowest BCUT2D eigenvalue weighted by Gasteiger charge is -1.95. The van der Waals surface area contributed by atoms with Crippen LogP contribution in [0, 0.1) is 3.70 Å². The minimum Gasteiger partial charge on any atom is -0.296 e. The van der Waals surface area contributed by atoms with Gasteiger partial charge >= 0.3 is 0 Å². The largest absolute Gasteiger partial charge is 0.296 e. The summed E-state index contributed by atoms with van der Waals surface area (Å²) in [5.41, 5.74) is 0.439. The normalized spacial score (nSPS) is 9.64. The average molecular weight is 280 g/mol. The first kappa shape index (κ1) is 8.92. The maximum atomic E-state index is 10.3. The molecule has 0 radical (unpaired) electrons. The van der Waals surface area contributed by atoms with Gasteiger partial charge in [-0.2, -0.15) is 0 Å². The average Bonchev–Trinajstić information content (AvgIpc) is 2.03. The molecular formula is C6H5IN2OS. The highest BCUT2D eigenvalue weighted by atomic mass is 127. The predicted molar refractivity (Wildman–Crippen MR) is 51.9 cm³/mol. The van der Waals surface area contributed by atoms with Crippen molar-refractivity contribution in [3.05, 3.63) is 15.5 Å². The standard InChI is InChI=1S/C6H5IN2OS/c1-11-6-8-4(3-10)2-5(7)9-6/h2-3H,1H3. The Morgan fingerprint density at radius 3 is 2.91 bits per heavy atom. The van der Waals surface area contributed by atoms with Crippen molar-refractivity contribution in [1.82, 2.24) is 9.97 Å². The first-order chi connectivity index (χ1) is 5.26. The van der Waals surface area contributed by atoms with Crippen LogP contribution >= 0.6 is 34.4 Å². The van der Waals surface area contributed by atoms with Gasteiger partial charge in [0.2, 0.25) is 0 Å². The van der Waals surface area contributed by atoms with Gasteiger partial charge in [-0.05, 0) is 34.9 Å². The third-order valence-corrected chi connectivity index (χ3v) is 2.10. The number of hydrogen-bond donors (Lipinski definition) is 0. The Bertz CT molecular complexity index is 279. The number of hydrogen-bond acceptors (Lipinski definition) is 4.